The molecule has 4 N–H and O–H groups in total. The van der Waals surface area contributed by atoms with Crippen molar-refractivity contribution in [1.29, 1.82) is 0 Å². The summed E-state index contributed by atoms with van der Waals surface area (Å²) in [5.41, 5.74) is 8.03. The Kier molecular flexibility index (Phi) is 7.63. The number of hydrogen-bond acceptors (Lipinski definition) is 8. The zero-order chi connectivity index (χ0) is 23.8. The van der Waals surface area contributed by atoms with Gasteiger partial charge in [0, 0.05) is 17.7 Å². The van der Waals surface area contributed by atoms with Crippen LogP contribution >= 0.6 is 0 Å². The van der Waals surface area contributed by atoms with E-state index in [-0.39, 0.29) is 24.0 Å². The fourth-order valence-electron chi connectivity index (χ4n) is 3.25. The first-order valence-corrected chi connectivity index (χ1v) is 10.8. The molecule has 0 radical (unpaired) electrons. The highest BCUT2D eigenvalue weighted by molar-refractivity contribution is 6.06. The number of benzene rings is 2. The lowest BCUT2D eigenvalue weighted by Crippen LogP contribution is -2.27. The van der Waals surface area contributed by atoms with Gasteiger partial charge in [-0.05, 0) is 24.3 Å². The van der Waals surface area contributed by atoms with E-state index in [1.807, 2.05) is 0 Å². The molecular weight excluding hydrogens is 438 g/mol. The second kappa shape index (κ2) is 11.2. The molecule has 0 fully saturated rings. The van der Waals surface area contributed by atoms with Gasteiger partial charge in [-0.15, -0.1) is 0 Å². The number of fused-ring (bicyclic) bond motifs is 13. The Morgan fingerprint density at radius 2 is 1.53 bits per heavy atom. The van der Waals surface area contributed by atoms with E-state index >= 15 is 0 Å². The predicted molar refractivity (Wildman–Crippen MR) is 126 cm³/mol. The molecule has 3 heterocycles. The molecule has 3 aromatic rings. The van der Waals surface area contributed by atoms with Gasteiger partial charge in [0.2, 0.25) is 0 Å². The zero-order valence-corrected chi connectivity index (χ0v) is 18.5. The Hall–Kier alpha value is -4.02. The van der Waals surface area contributed by atoms with Crippen molar-refractivity contribution < 1.29 is 23.8 Å². The first-order chi connectivity index (χ1) is 16.6. The van der Waals surface area contributed by atoms with Crippen LogP contribution < -0.4 is 21.1 Å². The van der Waals surface area contributed by atoms with Crippen molar-refractivity contribution in [1.82, 2.24) is 15.3 Å². The van der Waals surface area contributed by atoms with Gasteiger partial charge in [-0.1, -0.05) is 24.3 Å². The van der Waals surface area contributed by atoms with Gasteiger partial charge < -0.3 is 30.6 Å². The van der Waals surface area contributed by atoms with Gasteiger partial charge >= 0.3 is 0 Å². The van der Waals surface area contributed by atoms with Crippen molar-refractivity contribution in [2.45, 2.75) is 0 Å². The van der Waals surface area contributed by atoms with Crippen LogP contribution in [-0.4, -0.2) is 61.4 Å². The van der Waals surface area contributed by atoms with Crippen molar-refractivity contribution in [3.8, 4) is 17.0 Å². The molecule has 5 rings (SSSR count). The highest BCUT2D eigenvalue weighted by Gasteiger charge is 2.17. The van der Waals surface area contributed by atoms with Crippen molar-refractivity contribution in [3.63, 3.8) is 0 Å². The molecule has 34 heavy (non-hydrogen) atoms. The Bertz CT molecular complexity index is 1150. The van der Waals surface area contributed by atoms with E-state index < -0.39 is 5.91 Å². The summed E-state index contributed by atoms with van der Waals surface area (Å²) >= 11 is 0. The molecule has 0 saturated heterocycles. The molecule has 2 aliphatic rings. The number of nitrogen functional groups attached to an aromatic ring is 1. The van der Waals surface area contributed by atoms with Gasteiger partial charge in [0.15, 0.2) is 11.5 Å². The van der Waals surface area contributed by atoms with Crippen molar-refractivity contribution in [2.75, 3.05) is 50.6 Å². The highest BCUT2D eigenvalue weighted by Crippen LogP contribution is 2.25. The summed E-state index contributed by atoms with van der Waals surface area (Å²) in [5, 5.41) is 5.59. The number of ether oxygens (including phenoxy) is 3. The maximum Gasteiger partial charge on any atom is 0.278 e. The molecule has 4 bridgehead atoms. The van der Waals surface area contributed by atoms with Gasteiger partial charge in [-0.25, -0.2) is 9.97 Å². The average molecular weight is 463 g/mol. The van der Waals surface area contributed by atoms with Crippen LogP contribution in [0.15, 0.2) is 54.7 Å². The van der Waals surface area contributed by atoms with Crippen molar-refractivity contribution in [3.05, 3.63) is 66.0 Å². The number of nitrogens with zero attached hydrogens (tertiary/aromatic N) is 2. The molecule has 0 unspecified atom stereocenters. The van der Waals surface area contributed by atoms with Crippen LogP contribution in [-0.2, 0) is 9.47 Å². The summed E-state index contributed by atoms with van der Waals surface area (Å²) in [6, 6.07) is 13.9. The van der Waals surface area contributed by atoms with E-state index in [0.717, 1.165) is 0 Å². The summed E-state index contributed by atoms with van der Waals surface area (Å²) in [6.45, 7) is 2.18. The third-order valence-electron chi connectivity index (χ3n) is 4.98. The van der Waals surface area contributed by atoms with Gasteiger partial charge in [0.25, 0.3) is 11.8 Å². The molecule has 2 aliphatic heterocycles. The molecule has 0 atom stereocenters. The summed E-state index contributed by atoms with van der Waals surface area (Å²) in [6.07, 6.45) is 1.48. The van der Waals surface area contributed by atoms with Crippen LogP contribution in [0.25, 0.3) is 11.3 Å². The Balaban J connectivity index is 1.61. The molecular formula is C24H25N5O5. The normalized spacial score (nSPS) is 15.6. The standard InChI is InChI=1S/C24H25N5O5/c25-22-21-24(31)29-18-3-1-2-4-20(18)34-14-13-33-12-11-32-10-9-26-23(30)17-7-5-16(6-8-17)19(28-21)15-27-22/h1-8,15H,9-14H2,(H2,25,27)(H,26,30)(H,29,31). The minimum absolute atomic E-state index is 0.000669. The fraction of sp³-hybridized carbons (Fsp3) is 0.250. The van der Waals surface area contributed by atoms with E-state index in [1.54, 1.807) is 48.5 Å². The monoisotopic (exact) mass is 463 g/mol. The Morgan fingerprint density at radius 1 is 0.824 bits per heavy atom. The molecule has 176 valence electrons. The number of para-hydroxylation sites is 2. The van der Waals surface area contributed by atoms with Crippen LogP contribution in [0.5, 0.6) is 5.75 Å². The SMILES string of the molecule is Nc1ncc2nc1C(=O)Nc1ccccc1OCCOCCOCCNC(=O)c1ccc-2cc1. The maximum atomic E-state index is 13.0. The number of nitrogens with one attached hydrogen (secondary N) is 2. The number of hydrogen-bond donors (Lipinski definition) is 3. The third-order valence-corrected chi connectivity index (χ3v) is 4.98. The van der Waals surface area contributed by atoms with Crippen LogP contribution in [0.2, 0.25) is 0 Å². The van der Waals surface area contributed by atoms with Gasteiger partial charge in [-0.3, -0.25) is 9.59 Å². The van der Waals surface area contributed by atoms with Crippen molar-refractivity contribution >= 4 is 23.3 Å². The van der Waals surface area contributed by atoms with Crippen molar-refractivity contribution in [2.24, 2.45) is 0 Å². The van der Waals surface area contributed by atoms with E-state index in [0.29, 0.717) is 61.2 Å². The van der Waals surface area contributed by atoms with E-state index in [2.05, 4.69) is 20.6 Å². The predicted octanol–water partition coefficient (Wildman–Crippen LogP) is 2.13. The topological polar surface area (TPSA) is 138 Å². The molecule has 0 spiro atoms. The minimum atomic E-state index is -0.519. The number of nitrogens with two attached hydrogens (primary N) is 1. The Labute approximate surface area is 196 Å². The number of carbonyl (C=O) groups excluding carboxylic acids is 2. The van der Waals surface area contributed by atoms with Gasteiger partial charge in [-0.2, -0.15) is 0 Å². The van der Waals surface area contributed by atoms with Gasteiger partial charge in [0.05, 0.1) is 44.0 Å². The first kappa shape index (κ1) is 23.1. The highest BCUT2D eigenvalue weighted by atomic mass is 16.5. The van der Waals surface area contributed by atoms with Crippen LogP contribution in [0.3, 0.4) is 0 Å². The van der Waals surface area contributed by atoms with E-state index in [4.69, 9.17) is 19.9 Å². The van der Waals surface area contributed by atoms with E-state index in [1.165, 1.54) is 6.20 Å². The second-order valence-corrected chi connectivity index (χ2v) is 7.35. The van der Waals surface area contributed by atoms with Crippen LogP contribution in [0.4, 0.5) is 11.5 Å². The summed E-state index contributed by atoms with van der Waals surface area (Å²) in [4.78, 5) is 33.8. The second-order valence-electron chi connectivity index (χ2n) is 7.35. The van der Waals surface area contributed by atoms with Crippen LogP contribution in [0, 0.1) is 0 Å². The average Bonchev–Trinajstić information content (AvgIpc) is 2.85. The number of aromatic nitrogens is 2. The molecule has 10 nitrogen and oxygen atoms in total. The number of rotatable bonds is 0. The minimum Gasteiger partial charge on any atom is -0.489 e. The van der Waals surface area contributed by atoms with E-state index in [9.17, 15) is 9.59 Å². The molecule has 0 saturated carbocycles. The third kappa shape index (κ3) is 5.85. The number of amides is 2. The molecule has 2 aromatic carbocycles. The first-order valence-electron chi connectivity index (χ1n) is 10.8. The van der Waals surface area contributed by atoms with Crippen LogP contribution in [0.1, 0.15) is 20.8 Å². The lowest BCUT2D eigenvalue weighted by atomic mass is 10.1. The summed E-state index contributed by atoms with van der Waals surface area (Å²) in [5.74, 6) is -0.241. The lowest BCUT2D eigenvalue weighted by Gasteiger charge is -2.14. The fourth-order valence-corrected chi connectivity index (χ4v) is 3.25. The smallest absolute Gasteiger partial charge is 0.278 e. The lowest BCUT2D eigenvalue weighted by molar-refractivity contribution is 0.0371. The molecule has 10 heteroatoms. The maximum absolute atomic E-state index is 13.0. The van der Waals surface area contributed by atoms with Gasteiger partial charge in [0.1, 0.15) is 12.4 Å². The Morgan fingerprint density at radius 3 is 2.35 bits per heavy atom. The summed E-state index contributed by atoms with van der Waals surface area (Å²) in [7, 11) is 0. The summed E-state index contributed by atoms with van der Waals surface area (Å²) < 4.78 is 16.7. The largest absolute Gasteiger partial charge is 0.489 e. The molecule has 1 aromatic heterocycles. The quantitative estimate of drug-likeness (QED) is 0.431. The molecule has 2 amide bonds. The molecule has 0 aliphatic carbocycles. The number of anilines is 2. The number of carbonyl (C=O) groups is 2. The zero-order valence-electron chi connectivity index (χ0n) is 18.5.